The molecule has 1 heterocycles. The average molecular weight is 597 g/mol. The van der Waals surface area contributed by atoms with Crippen molar-refractivity contribution in [3.8, 4) is 0 Å². The molecule has 3 rings (SSSR count). The first-order chi connectivity index (χ1) is 21.4. The van der Waals surface area contributed by atoms with Crippen LogP contribution in [-0.4, -0.2) is 4.70 Å². The molecule has 0 saturated carbocycles. The standard InChI is InChI=1S/C42H64N2/c1-9-17-21-22-26-40-39(25-20-12-4)41(35-27-31(13-5)37(23-18-10-2)32(14-6)28-35)44(43)42(40)36-29-33(15-7)38(24-19-11-3)34(16-8)30-36/h27-30H,9-26H2,1-8H3. The third kappa shape index (κ3) is 8.41. The number of hydrogen-bond donors (Lipinski definition) is 0. The van der Waals surface area contributed by atoms with Crippen molar-refractivity contribution in [1.29, 1.82) is 0 Å². The SMILES string of the molecule is CCCCCCC1=C(c2cc(CC)c(CCCC)c(CC)c2)[N+](=[N-])C(c2cc(CC)c(CCCC)c(CC)c2)=C1CCCC. The van der Waals surface area contributed by atoms with Crippen molar-refractivity contribution >= 4 is 11.4 Å². The largest absolute Gasteiger partial charge is 0.493 e. The topological polar surface area (TPSA) is 25.3 Å². The number of unbranched alkanes of at least 4 members (excludes halogenated alkanes) is 6. The summed E-state index contributed by atoms with van der Waals surface area (Å²) in [7, 11) is 0. The molecule has 44 heavy (non-hydrogen) atoms. The van der Waals surface area contributed by atoms with E-state index in [9.17, 15) is 5.53 Å². The molecule has 0 radical (unpaired) electrons. The molecule has 0 bridgehead atoms. The predicted octanol–water partition coefficient (Wildman–Crippen LogP) is 13.0. The molecular weight excluding hydrogens is 532 g/mol. The highest BCUT2D eigenvalue weighted by molar-refractivity contribution is 5.83. The lowest BCUT2D eigenvalue weighted by Crippen LogP contribution is -2.08. The van der Waals surface area contributed by atoms with Gasteiger partial charge in [0, 0.05) is 22.3 Å². The summed E-state index contributed by atoms with van der Waals surface area (Å²) in [5, 5.41) is 0. The van der Waals surface area contributed by atoms with Crippen LogP contribution in [0.5, 0.6) is 0 Å². The maximum Gasteiger partial charge on any atom is 0.211 e. The van der Waals surface area contributed by atoms with Crippen LogP contribution in [0.3, 0.4) is 0 Å². The minimum Gasteiger partial charge on any atom is -0.493 e. The van der Waals surface area contributed by atoms with E-state index in [0.29, 0.717) is 0 Å². The predicted molar refractivity (Wildman–Crippen MR) is 193 cm³/mol. The molecule has 2 aromatic carbocycles. The molecule has 242 valence electrons. The third-order valence-electron chi connectivity index (χ3n) is 9.92. The molecule has 2 nitrogen and oxygen atoms in total. The van der Waals surface area contributed by atoms with Gasteiger partial charge in [0.25, 0.3) is 0 Å². The van der Waals surface area contributed by atoms with Crippen LogP contribution in [0.1, 0.15) is 177 Å². The fourth-order valence-electron chi connectivity index (χ4n) is 7.35. The van der Waals surface area contributed by atoms with Gasteiger partial charge in [-0.15, -0.1) is 0 Å². The van der Waals surface area contributed by atoms with Gasteiger partial charge in [0.1, 0.15) is 0 Å². The number of rotatable bonds is 20. The highest BCUT2D eigenvalue weighted by Crippen LogP contribution is 2.46. The number of nitrogens with zero attached hydrogens (tertiary/aromatic N) is 2. The van der Waals surface area contributed by atoms with Crippen molar-refractivity contribution in [3.05, 3.63) is 85.5 Å². The molecule has 0 spiro atoms. The monoisotopic (exact) mass is 597 g/mol. The van der Waals surface area contributed by atoms with Gasteiger partial charge in [-0.25, -0.2) is 4.70 Å². The zero-order chi connectivity index (χ0) is 32.1. The molecule has 2 heteroatoms. The Balaban J connectivity index is 2.28. The smallest absolute Gasteiger partial charge is 0.211 e. The van der Waals surface area contributed by atoms with Gasteiger partial charge >= 0.3 is 0 Å². The van der Waals surface area contributed by atoms with E-state index >= 15 is 0 Å². The Morgan fingerprint density at radius 3 is 1.11 bits per heavy atom. The number of hydrogen-bond acceptors (Lipinski definition) is 0. The van der Waals surface area contributed by atoms with Crippen LogP contribution in [0.4, 0.5) is 0 Å². The quantitative estimate of drug-likeness (QED) is 0.107. The lowest BCUT2D eigenvalue weighted by Gasteiger charge is -2.18. The van der Waals surface area contributed by atoms with Gasteiger partial charge in [-0.05, 0) is 135 Å². The molecule has 0 saturated heterocycles. The van der Waals surface area contributed by atoms with E-state index in [0.717, 1.165) is 75.6 Å². The van der Waals surface area contributed by atoms with Crippen molar-refractivity contribution < 1.29 is 4.70 Å². The normalized spacial score (nSPS) is 13.6. The molecule has 2 aromatic rings. The Labute approximate surface area is 271 Å². The molecule has 0 aliphatic carbocycles. The highest BCUT2D eigenvalue weighted by Gasteiger charge is 2.36. The Morgan fingerprint density at radius 2 is 0.773 bits per heavy atom. The zero-order valence-electron chi connectivity index (χ0n) is 29.9. The maximum absolute atomic E-state index is 12.4. The van der Waals surface area contributed by atoms with Gasteiger partial charge in [0.05, 0.1) is 0 Å². The molecule has 1 aliphatic rings. The Bertz CT molecular complexity index is 1260. The fraction of sp³-hybridized carbons (Fsp3) is 0.619. The second kappa shape index (κ2) is 18.5. The lowest BCUT2D eigenvalue weighted by molar-refractivity contribution is -0.345. The van der Waals surface area contributed by atoms with Crippen LogP contribution in [0, 0.1) is 0 Å². The van der Waals surface area contributed by atoms with Crippen molar-refractivity contribution in [2.24, 2.45) is 0 Å². The van der Waals surface area contributed by atoms with Crippen molar-refractivity contribution in [3.63, 3.8) is 0 Å². The third-order valence-corrected chi connectivity index (χ3v) is 9.92. The summed E-state index contributed by atoms with van der Waals surface area (Å²) < 4.78 is 1.64. The van der Waals surface area contributed by atoms with Crippen LogP contribution >= 0.6 is 0 Å². The summed E-state index contributed by atoms with van der Waals surface area (Å²) in [5.41, 5.74) is 28.6. The minimum absolute atomic E-state index is 1.02. The van der Waals surface area contributed by atoms with E-state index in [-0.39, 0.29) is 0 Å². The van der Waals surface area contributed by atoms with E-state index in [4.69, 9.17) is 0 Å². The molecule has 0 fully saturated rings. The van der Waals surface area contributed by atoms with Crippen molar-refractivity contribution in [2.75, 3.05) is 0 Å². The van der Waals surface area contributed by atoms with Crippen molar-refractivity contribution in [1.82, 2.24) is 0 Å². The zero-order valence-corrected chi connectivity index (χ0v) is 29.9. The molecule has 0 N–H and O–H groups in total. The summed E-state index contributed by atoms with van der Waals surface area (Å²) >= 11 is 0. The Kier molecular flexibility index (Phi) is 15.1. The van der Waals surface area contributed by atoms with E-state index in [1.54, 1.807) is 15.8 Å². The van der Waals surface area contributed by atoms with Crippen molar-refractivity contribution in [2.45, 2.75) is 171 Å². The second-order valence-electron chi connectivity index (χ2n) is 13.0. The fourth-order valence-corrected chi connectivity index (χ4v) is 7.35. The summed E-state index contributed by atoms with van der Waals surface area (Å²) in [6.45, 7) is 18.4. The first-order valence-electron chi connectivity index (χ1n) is 18.7. The maximum atomic E-state index is 12.4. The minimum atomic E-state index is 1.02. The van der Waals surface area contributed by atoms with Gasteiger partial charge in [-0.3, -0.25) is 0 Å². The van der Waals surface area contributed by atoms with Gasteiger partial charge < -0.3 is 5.53 Å². The highest BCUT2D eigenvalue weighted by atomic mass is 15.2. The first kappa shape index (κ1) is 36.0. The summed E-state index contributed by atoms with van der Waals surface area (Å²) in [5.74, 6) is 0. The average Bonchev–Trinajstić information content (AvgIpc) is 3.32. The molecule has 0 amide bonds. The van der Waals surface area contributed by atoms with E-state index in [2.05, 4.69) is 79.7 Å². The Morgan fingerprint density at radius 1 is 0.432 bits per heavy atom. The van der Waals surface area contributed by atoms with Gasteiger partial charge in [-0.1, -0.05) is 93.9 Å². The summed E-state index contributed by atoms with van der Waals surface area (Å²) in [4.78, 5) is 0. The molecule has 0 aromatic heterocycles. The number of aryl methyl sites for hydroxylation is 4. The summed E-state index contributed by atoms with van der Waals surface area (Å²) in [6, 6.07) is 9.71. The van der Waals surface area contributed by atoms with Crippen LogP contribution < -0.4 is 0 Å². The second-order valence-corrected chi connectivity index (χ2v) is 13.0. The van der Waals surface area contributed by atoms with Crippen LogP contribution in [0.15, 0.2) is 35.4 Å². The van der Waals surface area contributed by atoms with E-state index in [1.165, 1.54) is 95.9 Å². The van der Waals surface area contributed by atoms with Crippen LogP contribution in [0.25, 0.3) is 16.9 Å². The lowest BCUT2D eigenvalue weighted by atomic mass is 9.87. The molecule has 1 aliphatic heterocycles. The van der Waals surface area contributed by atoms with Gasteiger partial charge in [0.15, 0.2) is 0 Å². The van der Waals surface area contributed by atoms with E-state index < -0.39 is 0 Å². The van der Waals surface area contributed by atoms with Crippen LogP contribution in [0.2, 0.25) is 0 Å². The van der Waals surface area contributed by atoms with E-state index in [1.807, 2.05) is 0 Å². The Hall–Kier alpha value is -2.48. The molecule has 0 atom stereocenters. The van der Waals surface area contributed by atoms with Gasteiger partial charge in [0.2, 0.25) is 11.4 Å². The number of benzene rings is 2. The first-order valence-corrected chi connectivity index (χ1v) is 18.7. The summed E-state index contributed by atoms with van der Waals surface area (Å²) in [6.07, 6.45) is 20.6. The molecule has 0 unspecified atom stereocenters. The van der Waals surface area contributed by atoms with Gasteiger partial charge in [-0.2, -0.15) is 0 Å². The number of allylic oxidation sites excluding steroid dienone is 2. The van der Waals surface area contributed by atoms with Crippen LogP contribution in [-0.2, 0) is 38.5 Å². The molecular formula is C42H64N2.